The van der Waals surface area contributed by atoms with Crippen LogP contribution in [0.4, 0.5) is 5.69 Å². The molecule has 1 aliphatic rings. The number of rotatable bonds is 5. The summed E-state index contributed by atoms with van der Waals surface area (Å²) in [5, 5.41) is 5.99. The maximum absolute atomic E-state index is 11.9. The summed E-state index contributed by atoms with van der Waals surface area (Å²) in [6, 6.07) is 7.68. The Morgan fingerprint density at radius 3 is 2.89 bits per heavy atom. The zero-order valence-corrected chi connectivity index (χ0v) is 10.1. The minimum atomic E-state index is -0.337. The Kier molecular flexibility index (Phi) is 3.82. The van der Waals surface area contributed by atoms with Gasteiger partial charge >= 0.3 is 0 Å². The van der Waals surface area contributed by atoms with Crippen LogP contribution < -0.4 is 16.4 Å². The van der Waals surface area contributed by atoms with E-state index in [0.717, 1.165) is 11.3 Å². The van der Waals surface area contributed by atoms with Crippen molar-refractivity contribution in [2.45, 2.75) is 25.3 Å². The number of hydrogen-bond acceptors (Lipinski definition) is 3. The van der Waals surface area contributed by atoms with Gasteiger partial charge in [0.25, 0.3) is 0 Å². The lowest BCUT2D eigenvalue weighted by molar-refractivity contribution is -0.122. The highest BCUT2D eigenvalue weighted by Gasteiger charge is 2.25. The van der Waals surface area contributed by atoms with Gasteiger partial charge in [-0.2, -0.15) is 0 Å². The van der Waals surface area contributed by atoms with Crippen molar-refractivity contribution in [3.05, 3.63) is 29.8 Å². The molecule has 0 bridgehead atoms. The second-order valence-electron chi connectivity index (χ2n) is 4.42. The molecule has 0 radical (unpaired) electrons. The SMILES string of the molecule is NC(=O)CCCNC(=O)[C@@H]1Cc2ccccc2N1. The van der Waals surface area contributed by atoms with E-state index in [2.05, 4.69) is 10.6 Å². The molecule has 0 unspecified atom stereocenters. The van der Waals surface area contributed by atoms with E-state index in [9.17, 15) is 9.59 Å². The summed E-state index contributed by atoms with van der Waals surface area (Å²) in [6.07, 6.45) is 1.59. The fourth-order valence-corrected chi connectivity index (χ4v) is 2.05. The van der Waals surface area contributed by atoms with E-state index in [1.54, 1.807) is 0 Å². The minimum absolute atomic E-state index is 0.0318. The van der Waals surface area contributed by atoms with E-state index >= 15 is 0 Å². The van der Waals surface area contributed by atoms with E-state index in [1.165, 1.54) is 0 Å². The number of nitrogens with one attached hydrogen (secondary N) is 2. The highest BCUT2D eigenvalue weighted by atomic mass is 16.2. The van der Waals surface area contributed by atoms with E-state index in [4.69, 9.17) is 5.73 Å². The lowest BCUT2D eigenvalue weighted by Gasteiger charge is -2.11. The van der Waals surface area contributed by atoms with Crippen molar-refractivity contribution in [3.63, 3.8) is 0 Å². The van der Waals surface area contributed by atoms with Crippen molar-refractivity contribution >= 4 is 17.5 Å². The van der Waals surface area contributed by atoms with E-state index in [1.807, 2.05) is 24.3 Å². The number of anilines is 1. The van der Waals surface area contributed by atoms with Crippen LogP contribution in [-0.4, -0.2) is 24.4 Å². The smallest absolute Gasteiger partial charge is 0.242 e. The lowest BCUT2D eigenvalue weighted by atomic mass is 10.1. The van der Waals surface area contributed by atoms with E-state index in [-0.39, 0.29) is 17.9 Å². The van der Waals surface area contributed by atoms with Gasteiger partial charge < -0.3 is 16.4 Å². The Balaban J connectivity index is 1.77. The number of benzene rings is 1. The first kappa shape index (κ1) is 12.4. The summed E-state index contributed by atoms with van der Waals surface area (Å²) in [5.74, 6) is -0.369. The number of carbonyl (C=O) groups is 2. The van der Waals surface area contributed by atoms with Crippen LogP contribution in [-0.2, 0) is 16.0 Å². The third-order valence-electron chi connectivity index (χ3n) is 2.99. The highest BCUT2D eigenvalue weighted by molar-refractivity contribution is 5.87. The van der Waals surface area contributed by atoms with Crippen LogP contribution >= 0.6 is 0 Å². The number of hydrogen-bond donors (Lipinski definition) is 3. The maximum Gasteiger partial charge on any atom is 0.242 e. The first-order valence-electron chi connectivity index (χ1n) is 6.07. The molecule has 0 aliphatic carbocycles. The molecule has 0 fully saturated rings. The van der Waals surface area contributed by atoms with Gasteiger partial charge in [-0.3, -0.25) is 9.59 Å². The number of primary amides is 1. The van der Waals surface area contributed by atoms with Gasteiger partial charge in [-0.1, -0.05) is 18.2 Å². The molecule has 5 heteroatoms. The summed E-state index contributed by atoms with van der Waals surface area (Å²) >= 11 is 0. The van der Waals surface area contributed by atoms with Crippen LogP contribution in [0.3, 0.4) is 0 Å². The Bertz CT molecular complexity index is 434. The molecule has 1 heterocycles. The molecule has 0 aromatic heterocycles. The molecule has 4 N–H and O–H groups in total. The third kappa shape index (κ3) is 3.00. The van der Waals surface area contributed by atoms with Gasteiger partial charge in [0.15, 0.2) is 0 Å². The Labute approximate surface area is 106 Å². The van der Waals surface area contributed by atoms with Gasteiger partial charge in [0.05, 0.1) is 0 Å². The van der Waals surface area contributed by atoms with Gasteiger partial charge in [-0.25, -0.2) is 0 Å². The second kappa shape index (κ2) is 5.53. The normalized spacial score (nSPS) is 16.8. The quantitative estimate of drug-likeness (QED) is 0.659. The number of amides is 2. The summed E-state index contributed by atoms with van der Waals surface area (Å²) in [5.41, 5.74) is 7.21. The van der Waals surface area contributed by atoms with Crippen LogP contribution in [0.1, 0.15) is 18.4 Å². The van der Waals surface area contributed by atoms with Gasteiger partial charge in [0.2, 0.25) is 11.8 Å². The summed E-state index contributed by atoms with van der Waals surface area (Å²) in [7, 11) is 0. The van der Waals surface area contributed by atoms with Crippen molar-refractivity contribution in [1.29, 1.82) is 0 Å². The molecule has 1 aliphatic heterocycles. The number of nitrogens with two attached hydrogens (primary N) is 1. The molecule has 0 saturated carbocycles. The third-order valence-corrected chi connectivity index (χ3v) is 2.99. The average Bonchev–Trinajstić information content (AvgIpc) is 2.78. The fourth-order valence-electron chi connectivity index (χ4n) is 2.05. The number of para-hydroxylation sites is 1. The zero-order valence-electron chi connectivity index (χ0n) is 10.1. The van der Waals surface area contributed by atoms with Gasteiger partial charge in [0, 0.05) is 25.1 Å². The highest BCUT2D eigenvalue weighted by Crippen LogP contribution is 2.24. The Morgan fingerprint density at radius 2 is 2.17 bits per heavy atom. The largest absolute Gasteiger partial charge is 0.373 e. The molecule has 2 rings (SSSR count). The predicted octanol–water partition coefficient (Wildman–Crippen LogP) is 0.405. The monoisotopic (exact) mass is 247 g/mol. The van der Waals surface area contributed by atoms with E-state index in [0.29, 0.717) is 25.8 Å². The second-order valence-corrected chi connectivity index (χ2v) is 4.42. The summed E-state index contributed by atoms with van der Waals surface area (Å²) in [6.45, 7) is 0.482. The van der Waals surface area contributed by atoms with Crippen LogP contribution in [0.5, 0.6) is 0 Å². The lowest BCUT2D eigenvalue weighted by Crippen LogP contribution is -2.39. The van der Waals surface area contributed by atoms with Crippen molar-refractivity contribution in [3.8, 4) is 0 Å². The van der Waals surface area contributed by atoms with Crippen molar-refractivity contribution in [1.82, 2.24) is 5.32 Å². The fraction of sp³-hybridized carbons (Fsp3) is 0.385. The molecular weight excluding hydrogens is 230 g/mol. The molecule has 18 heavy (non-hydrogen) atoms. The molecule has 0 spiro atoms. The molecule has 1 aromatic rings. The van der Waals surface area contributed by atoms with Gasteiger partial charge in [-0.05, 0) is 18.1 Å². The van der Waals surface area contributed by atoms with Crippen LogP contribution in [0.15, 0.2) is 24.3 Å². The van der Waals surface area contributed by atoms with Crippen molar-refractivity contribution in [2.24, 2.45) is 5.73 Å². The van der Waals surface area contributed by atoms with Gasteiger partial charge in [-0.15, -0.1) is 0 Å². The molecule has 5 nitrogen and oxygen atoms in total. The summed E-state index contributed by atoms with van der Waals surface area (Å²) < 4.78 is 0. The van der Waals surface area contributed by atoms with E-state index < -0.39 is 0 Å². The molecule has 96 valence electrons. The first-order chi connectivity index (χ1) is 8.66. The molecular formula is C13H17N3O2. The van der Waals surface area contributed by atoms with Crippen LogP contribution in [0.2, 0.25) is 0 Å². The average molecular weight is 247 g/mol. The molecule has 0 saturated heterocycles. The van der Waals surface area contributed by atoms with Crippen LogP contribution in [0.25, 0.3) is 0 Å². The zero-order chi connectivity index (χ0) is 13.0. The first-order valence-corrected chi connectivity index (χ1v) is 6.07. The maximum atomic E-state index is 11.9. The molecule has 1 atom stereocenters. The number of carbonyl (C=O) groups excluding carboxylic acids is 2. The standard InChI is InChI=1S/C13H17N3O2/c14-12(17)6-3-7-15-13(18)11-8-9-4-1-2-5-10(9)16-11/h1-2,4-5,11,16H,3,6-8H2,(H2,14,17)(H,15,18)/t11-/m0/s1. The van der Waals surface area contributed by atoms with Crippen molar-refractivity contribution in [2.75, 3.05) is 11.9 Å². The van der Waals surface area contributed by atoms with Crippen molar-refractivity contribution < 1.29 is 9.59 Å². The Morgan fingerprint density at radius 1 is 1.39 bits per heavy atom. The summed E-state index contributed by atoms with van der Waals surface area (Å²) in [4.78, 5) is 22.4. The molecule has 2 amide bonds. The van der Waals surface area contributed by atoms with Gasteiger partial charge in [0.1, 0.15) is 6.04 Å². The van der Waals surface area contributed by atoms with Crippen LogP contribution in [0, 0.1) is 0 Å². The topological polar surface area (TPSA) is 84.2 Å². The molecule has 1 aromatic carbocycles. The predicted molar refractivity (Wildman–Crippen MR) is 69.0 cm³/mol. The number of fused-ring (bicyclic) bond motifs is 1. The minimum Gasteiger partial charge on any atom is -0.373 e. The Hall–Kier alpha value is -2.04.